The summed E-state index contributed by atoms with van der Waals surface area (Å²) in [7, 11) is 4.43. The van der Waals surface area contributed by atoms with Gasteiger partial charge in [-0.3, -0.25) is 0 Å². The minimum atomic E-state index is -1.62. The van der Waals surface area contributed by atoms with Crippen molar-refractivity contribution in [2.45, 2.75) is 55.4 Å². The Bertz CT molecular complexity index is 383. The van der Waals surface area contributed by atoms with Crippen molar-refractivity contribution in [3.8, 4) is 0 Å². The zero-order valence-electron chi connectivity index (χ0n) is 20.5. The van der Waals surface area contributed by atoms with Crippen LogP contribution in [0.4, 0.5) is 9.59 Å². The van der Waals surface area contributed by atoms with Crippen molar-refractivity contribution in [1.29, 1.82) is 0 Å². The minimum absolute atomic E-state index is 0.630. The SMILES string of the molecule is CC[N+](CC)(CC)CC.CC[N+](CC)(CC)CC.O=C([O-])OSSSSSSOC(=O)[O-]. The van der Waals surface area contributed by atoms with Gasteiger partial charge in [0.25, 0.3) is 12.3 Å². The Balaban J connectivity index is -0.000000411. The standard InChI is InChI=1S/2C8H20N.C2H2O6S6/c2*1-5-9(6-2,7-3)8-4;3-1(4)7-9-11-13-14-12-10-8-2(5)6/h2*5-8H2,1-4H3;(H,3,4)(H,5,6)/q2*+1;/p-2. The lowest BCUT2D eigenvalue weighted by Crippen LogP contribution is -2.47. The van der Waals surface area contributed by atoms with E-state index < -0.39 is 12.3 Å². The van der Waals surface area contributed by atoms with Crippen molar-refractivity contribution >= 4 is 73.8 Å². The van der Waals surface area contributed by atoms with Gasteiger partial charge in [0.2, 0.25) is 0 Å². The summed E-state index contributed by atoms with van der Waals surface area (Å²) < 4.78 is 10.5. The van der Waals surface area contributed by atoms with Crippen LogP contribution < -0.4 is 10.2 Å². The van der Waals surface area contributed by atoms with Crippen LogP contribution in [0, 0.1) is 0 Å². The van der Waals surface area contributed by atoms with E-state index in [4.69, 9.17) is 0 Å². The molecule has 0 saturated heterocycles. The third kappa shape index (κ3) is 21.1. The molecule has 0 radical (unpaired) electrons. The molecule has 0 aromatic rings. The van der Waals surface area contributed by atoms with Crippen LogP contribution >= 0.6 is 61.5 Å². The molecule has 8 nitrogen and oxygen atoms in total. The van der Waals surface area contributed by atoms with Crippen LogP contribution in [0.2, 0.25) is 0 Å². The Kier molecular flexibility index (Phi) is 28.6. The molecule has 0 aliphatic carbocycles. The van der Waals surface area contributed by atoms with Crippen molar-refractivity contribution in [2.75, 3.05) is 52.4 Å². The second kappa shape index (κ2) is 24.7. The zero-order chi connectivity index (χ0) is 25.5. The highest BCUT2D eigenvalue weighted by Crippen LogP contribution is 2.52. The van der Waals surface area contributed by atoms with Gasteiger partial charge in [-0.1, -0.05) is 0 Å². The molecule has 0 unspecified atom stereocenters. The second-order valence-corrected chi connectivity index (χ2v) is 14.8. The van der Waals surface area contributed by atoms with Gasteiger partial charge < -0.3 is 37.1 Å². The molecule has 0 aliphatic rings. The minimum Gasteiger partial charge on any atom is -0.471 e. The Morgan fingerprint density at radius 1 is 0.531 bits per heavy atom. The van der Waals surface area contributed by atoms with Crippen LogP contribution in [0.3, 0.4) is 0 Å². The summed E-state index contributed by atoms with van der Waals surface area (Å²) in [6.45, 7) is 28.4. The van der Waals surface area contributed by atoms with Crippen molar-refractivity contribution < 1.29 is 37.1 Å². The van der Waals surface area contributed by atoms with Crippen LogP contribution in [-0.2, 0) is 8.37 Å². The monoisotopic (exact) mass is 572 g/mol. The van der Waals surface area contributed by atoms with Gasteiger partial charge in [-0.05, 0) is 55.4 Å². The molecule has 0 bridgehead atoms. The van der Waals surface area contributed by atoms with Gasteiger partial charge in [-0.15, -0.1) is 0 Å². The lowest BCUT2D eigenvalue weighted by molar-refractivity contribution is -0.921. The number of hydrogen-bond acceptors (Lipinski definition) is 12. The molecule has 0 fully saturated rings. The zero-order valence-corrected chi connectivity index (χ0v) is 25.3. The van der Waals surface area contributed by atoms with E-state index in [1.807, 2.05) is 0 Å². The van der Waals surface area contributed by atoms with E-state index in [0.29, 0.717) is 22.1 Å². The summed E-state index contributed by atoms with van der Waals surface area (Å²) in [4.78, 5) is 19.4. The van der Waals surface area contributed by atoms with Crippen LogP contribution in [0.5, 0.6) is 0 Å². The molecule has 194 valence electrons. The lowest BCUT2D eigenvalue weighted by atomic mass is 10.3. The predicted octanol–water partition coefficient (Wildman–Crippen LogP) is 5.28. The molecule has 0 aromatic carbocycles. The van der Waals surface area contributed by atoms with E-state index in [0.717, 1.165) is 19.7 Å². The fourth-order valence-electron chi connectivity index (χ4n) is 2.81. The summed E-state index contributed by atoms with van der Waals surface area (Å²) in [6.07, 6.45) is -3.23. The largest absolute Gasteiger partial charge is 0.471 e. The molecule has 0 aromatic heterocycles. The number of hydrogen-bond donors (Lipinski definition) is 0. The van der Waals surface area contributed by atoms with Gasteiger partial charge in [0.15, 0.2) is 0 Å². The van der Waals surface area contributed by atoms with Gasteiger partial charge in [0.05, 0.1) is 52.4 Å². The van der Waals surface area contributed by atoms with Gasteiger partial charge >= 0.3 is 0 Å². The topological polar surface area (TPSA) is 98.7 Å². The first-order valence-corrected chi connectivity index (χ1v) is 17.9. The van der Waals surface area contributed by atoms with E-state index >= 15 is 0 Å². The molecule has 0 rings (SSSR count). The smallest absolute Gasteiger partial charge is 0.264 e. The van der Waals surface area contributed by atoms with Crippen LogP contribution in [-0.4, -0.2) is 73.6 Å². The lowest BCUT2D eigenvalue weighted by Gasteiger charge is -2.34. The first-order chi connectivity index (χ1) is 15.1. The Morgan fingerprint density at radius 2 is 0.750 bits per heavy atom. The van der Waals surface area contributed by atoms with Crippen LogP contribution in [0.15, 0.2) is 0 Å². The second-order valence-electron chi connectivity index (χ2n) is 6.29. The maximum absolute atomic E-state index is 9.72. The average Bonchev–Trinajstić information content (AvgIpc) is 2.80. The average molecular weight is 573 g/mol. The molecule has 0 saturated carbocycles. The van der Waals surface area contributed by atoms with E-state index in [9.17, 15) is 19.8 Å². The highest BCUT2D eigenvalue weighted by molar-refractivity contribution is 9.41. The first kappa shape index (κ1) is 37.1. The molecule has 32 heavy (non-hydrogen) atoms. The van der Waals surface area contributed by atoms with Crippen LogP contribution in [0.25, 0.3) is 0 Å². The number of carboxylic acid groups (broad SMARTS) is 2. The van der Waals surface area contributed by atoms with Gasteiger partial charge in [0.1, 0.15) is 0 Å². The Labute approximate surface area is 217 Å². The fourth-order valence-corrected chi connectivity index (χ4v) is 11.3. The normalized spacial score (nSPS) is 10.9. The number of nitrogens with zero attached hydrogens (tertiary/aromatic N) is 2. The van der Waals surface area contributed by atoms with E-state index in [-0.39, 0.29) is 0 Å². The van der Waals surface area contributed by atoms with E-state index in [1.165, 1.54) is 81.0 Å². The summed E-state index contributed by atoms with van der Waals surface area (Å²) in [6, 6.07) is 0. The molecule has 0 atom stereocenters. The Morgan fingerprint density at radius 3 is 0.875 bits per heavy atom. The Hall–Kier alpha value is 0.560. The predicted molar refractivity (Wildman–Crippen MR) is 143 cm³/mol. The molecular formula is C18H40N2O6S6. The molecule has 0 amide bonds. The van der Waals surface area contributed by atoms with Crippen LogP contribution in [0.1, 0.15) is 55.4 Å². The number of quaternary nitrogens is 2. The number of carbonyl (C=O) groups is 2. The van der Waals surface area contributed by atoms with Crippen molar-refractivity contribution in [3.63, 3.8) is 0 Å². The van der Waals surface area contributed by atoms with Crippen molar-refractivity contribution in [3.05, 3.63) is 0 Å². The third-order valence-corrected chi connectivity index (χ3v) is 14.6. The van der Waals surface area contributed by atoms with E-state index in [1.54, 1.807) is 0 Å². The number of carbonyl (C=O) groups excluding carboxylic acids is 2. The van der Waals surface area contributed by atoms with Gasteiger partial charge in [-0.2, -0.15) is 0 Å². The molecule has 0 heterocycles. The summed E-state index contributed by atoms with van der Waals surface area (Å²) >= 11 is 1.26. The first-order valence-electron chi connectivity index (χ1n) is 10.6. The molecule has 14 heteroatoms. The van der Waals surface area contributed by atoms with Crippen molar-refractivity contribution in [1.82, 2.24) is 0 Å². The summed E-state index contributed by atoms with van der Waals surface area (Å²) in [5, 5.41) is 19.4. The molecule has 0 aliphatic heterocycles. The highest BCUT2D eigenvalue weighted by Gasteiger charge is 2.16. The third-order valence-electron chi connectivity index (χ3n) is 5.71. The van der Waals surface area contributed by atoms with E-state index in [2.05, 4.69) is 63.8 Å². The quantitative estimate of drug-likeness (QED) is 0.110. The molecule has 0 spiro atoms. The maximum atomic E-state index is 9.72. The highest BCUT2D eigenvalue weighted by atomic mass is 33.9. The summed E-state index contributed by atoms with van der Waals surface area (Å²) in [5.74, 6) is 0. The molecule has 0 N–H and O–H groups in total. The fraction of sp³-hybridized carbons (Fsp3) is 0.889. The summed E-state index contributed by atoms with van der Waals surface area (Å²) in [5.41, 5.74) is 0. The van der Waals surface area contributed by atoms with Gasteiger partial charge in [-0.25, -0.2) is 0 Å². The molecular weight excluding hydrogens is 533 g/mol. The van der Waals surface area contributed by atoms with Crippen molar-refractivity contribution in [2.24, 2.45) is 0 Å². The number of rotatable bonds is 15. The maximum Gasteiger partial charge on any atom is 0.264 e. The van der Waals surface area contributed by atoms with Gasteiger partial charge in [0, 0.05) is 61.5 Å².